The Labute approximate surface area is 695 Å². The van der Waals surface area contributed by atoms with Crippen LogP contribution in [0.4, 0.5) is 27.1 Å². The molecule has 9 aromatic carbocycles. The zero-order chi connectivity index (χ0) is 102. The maximum atomic E-state index is 12.9. The number of amides is 3. The number of phenols is 2. The monoisotopic (exact) mass is 1680 g/mol. The number of anilines is 4. The first-order valence-corrected chi connectivity index (χ1v) is 33.7. The van der Waals surface area contributed by atoms with Gasteiger partial charge in [0, 0.05) is 155 Å². The van der Waals surface area contributed by atoms with Gasteiger partial charge in [0.2, 0.25) is 0 Å². The first-order valence-electron chi connectivity index (χ1n) is 43.9. The average Bonchev–Trinajstić information content (AvgIpc) is 0.813. The van der Waals surface area contributed by atoms with Crippen molar-refractivity contribution in [2.24, 2.45) is 0 Å². The summed E-state index contributed by atoms with van der Waals surface area (Å²) in [4.78, 5) is 52.9. The van der Waals surface area contributed by atoms with E-state index in [1.54, 1.807) is 103 Å². The van der Waals surface area contributed by atoms with Crippen molar-refractivity contribution in [3.8, 4) is 28.7 Å². The van der Waals surface area contributed by atoms with Gasteiger partial charge in [0.15, 0.2) is 0 Å². The second-order valence-corrected chi connectivity index (χ2v) is 25.2. The molecule has 0 unspecified atom stereocenters. The van der Waals surface area contributed by atoms with Gasteiger partial charge in [-0.05, 0) is 223 Å². The molecule has 11 N–H and O–H groups in total. The number of benzene rings is 9. The number of thiol groups is 1. The van der Waals surface area contributed by atoms with Crippen LogP contribution in [0.15, 0.2) is 231 Å². The van der Waals surface area contributed by atoms with Gasteiger partial charge in [0.25, 0.3) is 23.0 Å². The minimum atomic E-state index is -3.18. The number of hydrogen-bond donors (Lipinski definition) is 8. The molecule has 0 aliphatic rings. The van der Waals surface area contributed by atoms with E-state index >= 15 is 0 Å². The molecule has 0 radical (unpaired) electrons. The van der Waals surface area contributed by atoms with Crippen molar-refractivity contribution in [3.05, 3.63) is 225 Å². The van der Waals surface area contributed by atoms with Crippen LogP contribution in [0.2, 0.25) is 0 Å². The highest BCUT2D eigenvalue weighted by atomic mass is 79.9. The van der Waals surface area contributed by atoms with Crippen molar-refractivity contribution in [2.45, 2.75) is 60.6 Å². The molecule has 9 rings (SSSR count). The summed E-state index contributed by atoms with van der Waals surface area (Å²) in [6, 6.07) is 50.4. The van der Waals surface area contributed by atoms with Crippen LogP contribution in [-0.2, 0) is 6.54 Å². The van der Waals surface area contributed by atoms with E-state index in [-0.39, 0.29) is 77.9 Å². The van der Waals surface area contributed by atoms with E-state index in [0.29, 0.717) is 74.4 Å². The van der Waals surface area contributed by atoms with Crippen LogP contribution in [0.1, 0.15) is 108 Å². The third-order valence-electron chi connectivity index (χ3n) is 12.2. The Kier molecular flexibility index (Phi) is 26.3. The normalized spacial score (nSPS) is 15.4. The number of para-hydroxylation sites is 4. The van der Waals surface area contributed by atoms with Crippen LogP contribution in [-0.4, -0.2) is 151 Å². The quantitative estimate of drug-likeness (QED) is 0.0239. The second kappa shape index (κ2) is 50.4. The van der Waals surface area contributed by atoms with Crippen molar-refractivity contribution in [2.75, 3.05) is 121 Å². The molecule has 0 aliphatic carbocycles. The molecule has 0 heterocycles. The van der Waals surface area contributed by atoms with Gasteiger partial charge < -0.3 is 72.3 Å². The topological polar surface area (TPSA) is 266 Å². The van der Waals surface area contributed by atoms with Crippen molar-refractivity contribution in [1.82, 2.24) is 24.9 Å². The molecule has 3 amide bonds. The Hall–Kier alpha value is -7.95. The summed E-state index contributed by atoms with van der Waals surface area (Å²) in [5.74, 6) is -2.67. The number of aromatic hydroxyl groups is 2. The number of alkyl halides is 1. The van der Waals surface area contributed by atoms with Gasteiger partial charge in [-0.2, -0.15) is 0 Å². The molecule has 556 valence electrons. The summed E-state index contributed by atoms with van der Waals surface area (Å²) < 4.78 is 243. The maximum absolute atomic E-state index is 12.9. The fraction of sp³-hybridized carbons (Fsp3) is 0.237. The highest BCUT2D eigenvalue weighted by Crippen LogP contribution is 2.39. The molecule has 0 saturated carbocycles. The lowest BCUT2D eigenvalue weighted by Crippen LogP contribution is -2.22. The molecule has 0 aliphatic heterocycles. The average molecular weight is 1690 g/mol. The maximum Gasteiger partial charge on any atom is 0.254 e. The lowest BCUT2D eigenvalue weighted by atomic mass is 10.2. The van der Waals surface area contributed by atoms with Gasteiger partial charge >= 0.3 is 0 Å². The number of nitrogens with one attached hydrogen (secondary N) is 1. The summed E-state index contributed by atoms with van der Waals surface area (Å²) in [6.45, 7) is -28.1. The molecule has 18 nitrogen and oxygen atoms in total. The standard InChI is InChI=1S/C16H18N2O2S.C15H16N2O2S.C15H18N2OS.C10H12BrNO2.C8H6BrClO2.C6H7NS.C4H9F.C2H7N.ClH/c1-18(2)16(19)12-10-11(20-3)8-9-14(12)21-15-7-5-4-6-13(15)17;1-17(2)15(19)11-9-10(18)7-8-13(11)20-14-6-4-3-5-12(14)16;1-17(2)10-11-9-12(18)7-8-14(11)19-15-6-4-3-5-13(15)16;1-12(2)10(13)8-6-7(14-3)4-5-9(8)11;1-12-5-2-3-7(9)6(4-5)8(10)11;7-5-3-1-2-4-6(5)8;1-2-3-4-5;1-3-2;/h4-10H,17H2,1-3H3;3-9,18H,16H2,1-2H3;3-9,18H,10,16H2,1-2H3;4-6H,1-3H3;2-4H,1H3;1-4,8H,7H2;2-4H2,1H3;3H,1-2H3;1H/i4*1D3,2D3;;;;1D3,2D3;. The highest BCUT2D eigenvalue weighted by Gasteiger charge is 2.19. The Morgan fingerprint density at radius 3 is 1.24 bits per heavy atom. The largest absolute Gasteiger partial charge is 0.508 e. The molecule has 0 aromatic heterocycles. The minimum absolute atomic E-state index is 0. The lowest BCUT2D eigenvalue weighted by Gasteiger charge is -2.15. The molecule has 0 spiro atoms. The highest BCUT2D eigenvalue weighted by molar-refractivity contribution is 9.10. The number of phenolic OH excluding ortho intramolecular Hbond substituents is 2. The van der Waals surface area contributed by atoms with Gasteiger partial charge in [0.05, 0.1) is 50.3 Å². The smallest absolute Gasteiger partial charge is 0.254 e. The van der Waals surface area contributed by atoms with Crippen molar-refractivity contribution in [1.29, 1.82) is 0 Å². The number of methoxy groups -OCH3 is 3. The number of hydrogen-bond acceptors (Lipinski definition) is 19. The molecule has 103 heavy (non-hydrogen) atoms. The first-order chi connectivity index (χ1) is 60.4. The molecular weight excluding hydrogens is 1560 g/mol. The summed E-state index contributed by atoms with van der Waals surface area (Å²) in [5.41, 5.74) is 25.7. The molecule has 27 heteroatoms. The number of carbonyl (C=O) groups is 4. The van der Waals surface area contributed by atoms with E-state index in [9.17, 15) is 33.8 Å². The number of unbranched alkanes of at least 4 members (excludes halogenated alkanes) is 1. The number of nitrogen functional groups attached to an aromatic ring is 4. The fourth-order valence-corrected chi connectivity index (χ4v) is 11.4. The summed E-state index contributed by atoms with van der Waals surface area (Å²) in [6.07, 6.45) is 1.69. The van der Waals surface area contributed by atoms with E-state index in [1.807, 2.05) is 43.3 Å². The Balaban J connectivity index is 0.000000793. The number of rotatable bonds is 17. The third kappa shape index (κ3) is 34.0. The van der Waals surface area contributed by atoms with Crippen LogP contribution in [0.25, 0.3) is 0 Å². The summed E-state index contributed by atoms with van der Waals surface area (Å²) in [5, 5.41) is 20.4. The van der Waals surface area contributed by atoms with Gasteiger partial charge in [-0.25, -0.2) is 0 Å². The Bertz CT molecular complexity index is 5170. The van der Waals surface area contributed by atoms with Crippen LogP contribution in [0.3, 0.4) is 0 Å². The SMILES string of the molecule is CCCCF.COc1ccc(Br)c(C(=O)Cl)c1.Cl.Nc1ccccc1S.[2H]C([2H])([2H])N(C(=O)c1cc(O)ccc1Sc1ccccc1N)C([2H])([2H])[2H].[2H]C([2H])([2H])N(C(=O)c1cc(OC)ccc1Br)C([2H])([2H])[2H].[2H]C([2H])([2H])N(C(=O)c1cc(OC)ccc1Sc1ccccc1N)C([2H])([2H])[2H].[2H]C([2H])([2H])N(Cc1cc(O)ccc1Sc1ccccc1N)C([2H])([2H])[2H].[2H]C([2H])([2H])NC([2H])([2H])[2H]. The van der Waals surface area contributed by atoms with Gasteiger partial charge in [-0.15, -0.1) is 25.0 Å². The number of nitrogens with zero attached hydrogens (tertiary/aromatic N) is 4. The van der Waals surface area contributed by atoms with Crippen molar-refractivity contribution in [3.63, 3.8) is 0 Å². The van der Waals surface area contributed by atoms with E-state index in [0.717, 1.165) is 57.9 Å². The third-order valence-corrected chi connectivity index (χ3v) is 17.8. The van der Waals surface area contributed by atoms with E-state index in [2.05, 4.69) is 44.5 Å². The van der Waals surface area contributed by atoms with Crippen molar-refractivity contribution < 1.29 is 89.1 Å². The predicted octanol–water partition coefficient (Wildman–Crippen LogP) is 17.7. The number of nitrogens with two attached hydrogens (primary N) is 4. The first kappa shape index (κ1) is 53.8. The Morgan fingerprint density at radius 1 is 0.505 bits per heavy atom. The zero-order valence-electron chi connectivity index (χ0n) is 85.2. The van der Waals surface area contributed by atoms with Crippen LogP contribution >= 0.6 is 104 Å². The zero-order valence-corrected chi connectivity index (χ0v) is 63.3. The molecule has 0 atom stereocenters. The minimum Gasteiger partial charge on any atom is -0.508 e. The van der Waals surface area contributed by atoms with Gasteiger partial charge in [-0.3, -0.25) is 23.6 Å². The molecule has 0 bridgehead atoms. The Morgan fingerprint density at radius 2 is 0.874 bits per heavy atom. The predicted molar refractivity (Wildman–Crippen MR) is 438 cm³/mol. The number of halogens is 5. The van der Waals surface area contributed by atoms with Crippen molar-refractivity contribution >= 4 is 149 Å². The summed E-state index contributed by atoms with van der Waals surface area (Å²) >= 11 is 19.2. The van der Waals surface area contributed by atoms with E-state index in [4.69, 9.17) is 89.9 Å². The van der Waals surface area contributed by atoms with Crippen LogP contribution in [0.5, 0.6) is 28.7 Å². The number of ether oxygens (including phenoxy) is 3. The van der Waals surface area contributed by atoms with Gasteiger partial charge in [-0.1, -0.05) is 97.2 Å². The molecule has 0 fully saturated rings. The lowest BCUT2D eigenvalue weighted by molar-refractivity contribution is 0.0817. The van der Waals surface area contributed by atoms with E-state index in [1.165, 1.54) is 80.9 Å². The number of carbonyl (C=O) groups excluding carboxylic acids is 4. The summed E-state index contributed by atoms with van der Waals surface area (Å²) in [7, 11) is 4.30. The van der Waals surface area contributed by atoms with Crippen LogP contribution < -0.4 is 42.5 Å². The molecule has 9 aromatic rings. The second-order valence-electron chi connectivity index (χ2n) is 19.5. The molecular formula is C76H94Br2Cl2FN9O9S4. The van der Waals surface area contributed by atoms with Gasteiger partial charge in [0.1, 0.15) is 28.7 Å². The molecule has 0 saturated heterocycles. The van der Waals surface area contributed by atoms with E-state index < -0.39 is 92.7 Å². The van der Waals surface area contributed by atoms with Crippen LogP contribution in [0, 0.1) is 0 Å². The fourth-order valence-electron chi connectivity index (χ4n) is 7.26.